The minimum absolute atomic E-state index is 0. The third-order valence-electron chi connectivity index (χ3n) is 0.211. The Morgan fingerprint density at radius 1 is 1.50 bits per heavy atom. The molecule has 0 aromatic heterocycles. The fraction of sp³-hybridized carbons (Fsp3) is 1.00. The van der Waals surface area contributed by atoms with E-state index in [1.54, 1.807) is 0 Å². The first-order valence-corrected chi connectivity index (χ1v) is 1.16. The van der Waals surface area contributed by atoms with Crippen molar-refractivity contribution in [3.8, 4) is 0 Å². The third-order valence-corrected chi connectivity index (χ3v) is 0.211. The first kappa shape index (κ1) is 9.76. The van der Waals surface area contributed by atoms with Gasteiger partial charge in [0.2, 0.25) is 0 Å². The second-order valence-electron chi connectivity index (χ2n) is 0.562. The molecule has 0 aliphatic heterocycles. The molecule has 0 aromatic rings. The molecule has 0 aliphatic rings. The van der Waals surface area contributed by atoms with Gasteiger partial charge in [-0.25, -0.2) is 0 Å². The fourth-order valence-electron chi connectivity index (χ4n) is 0. The van der Waals surface area contributed by atoms with Crippen molar-refractivity contribution < 1.29 is 34.2 Å². The molecule has 0 saturated heterocycles. The Bertz CT molecular complexity index is 24.8. The molecule has 5 heteroatoms. The van der Waals surface area contributed by atoms with Gasteiger partial charge in [-0.15, -0.1) is 0 Å². The summed E-state index contributed by atoms with van der Waals surface area (Å²) in [5.41, 5.74) is 0. The molecule has 0 bridgehead atoms. The van der Waals surface area contributed by atoms with Crippen LogP contribution in [0, 0.1) is 0 Å². The predicted molar refractivity (Wildman–Crippen MR) is 17.2 cm³/mol. The van der Waals surface area contributed by atoms with E-state index in [9.17, 15) is 0 Å². The van der Waals surface area contributed by atoms with E-state index in [1.165, 1.54) is 7.11 Å². The van der Waals surface area contributed by atoms with Crippen molar-refractivity contribution >= 4 is 7.32 Å². The molecule has 0 spiro atoms. The average molecular weight is 141 g/mol. The summed E-state index contributed by atoms with van der Waals surface area (Å²) < 4.78 is 3.86. The minimum atomic E-state index is -1.62. The van der Waals surface area contributed by atoms with Crippen molar-refractivity contribution in [3.63, 3.8) is 0 Å². The SMILES string of the molecule is COB(O)O.[Zn]. The van der Waals surface area contributed by atoms with E-state index in [2.05, 4.69) is 4.65 Å². The van der Waals surface area contributed by atoms with E-state index in [4.69, 9.17) is 10.0 Å². The number of hydrogen-bond acceptors (Lipinski definition) is 3. The maximum Gasteiger partial charge on any atom is 0.633 e. The summed E-state index contributed by atoms with van der Waals surface area (Å²) in [6, 6.07) is 0. The Labute approximate surface area is 49.3 Å². The van der Waals surface area contributed by atoms with Gasteiger partial charge in [-0.2, -0.15) is 0 Å². The second kappa shape index (κ2) is 5.57. The van der Waals surface area contributed by atoms with Crippen LogP contribution < -0.4 is 0 Å². The van der Waals surface area contributed by atoms with E-state index >= 15 is 0 Å². The van der Waals surface area contributed by atoms with Crippen molar-refractivity contribution in [1.29, 1.82) is 0 Å². The first-order chi connectivity index (χ1) is 2.27. The van der Waals surface area contributed by atoms with E-state index < -0.39 is 7.32 Å². The Kier molecular flexibility index (Phi) is 9.06. The summed E-state index contributed by atoms with van der Waals surface area (Å²) in [5.74, 6) is 0. The van der Waals surface area contributed by atoms with Crippen molar-refractivity contribution in [2.24, 2.45) is 0 Å². The fourth-order valence-corrected chi connectivity index (χ4v) is 0. The molecule has 0 fully saturated rings. The average Bonchev–Trinajstić information content (AvgIpc) is 1.38. The maximum absolute atomic E-state index is 7.69. The second-order valence-corrected chi connectivity index (χ2v) is 0.562. The van der Waals surface area contributed by atoms with Gasteiger partial charge in [-0.1, -0.05) is 0 Å². The van der Waals surface area contributed by atoms with Gasteiger partial charge in [0.15, 0.2) is 0 Å². The van der Waals surface area contributed by atoms with Crippen LogP contribution in [0.3, 0.4) is 0 Å². The van der Waals surface area contributed by atoms with Crippen molar-refractivity contribution in [2.75, 3.05) is 7.11 Å². The van der Waals surface area contributed by atoms with Crippen LogP contribution in [-0.2, 0) is 24.1 Å². The largest absolute Gasteiger partial charge is 0.633 e. The molecule has 0 amide bonds. The smallest absolute Gasteiger partial charge is 0.402 e. The zero-order valence-corrected chi connectivity index (χ0v) is 6.55. The Morgan fingerprint density at radius 3 is 1.67 bits per heavy atom. The van der Waals surface area contributed by atoms with Gasteiger partial charge in [0.1, 0.15) is 0 Å². The molecule has 0 aromatic carbocycles. The van der Waals surface area contributed by atoms with Gasteiger partial charge < -0.3 is 14.7 Å². The minimum Gasteiger partial charge on any atom is -0.402 e. The predicted octanol–water partition coefficient (Wildman–Crippen LogP) is -1.40. The third kappa shape index (κ3) is 8.82. The van der Waals surface area contributed by atoms with Crippen LogP contribution in [0.4, 0.5) is 0 Å². The van der Waals surface area contributed by atoms with E-state index in [0.29, 0.717) is 0 Å². The Hall–Kier alpha value is 0.568. The standard InChI is InChI=1S/CH5BO3.Zn/c1-5-2(3)4;/h3-4H,1H3;. The van der Waals surface area contributed by atoms with E-state index in [-0.39, 0.29) is 19.5 Å². The molecule has 0 rings (SSSR count). The monoisotopic (exact) mass is 140 g/mol. The van der Waals surface area contributed by atoms with Gasteiger partial charge in [-0.05, 0) is 0 Å². The molecule has 0 heterocycles. The van der Waals surface area contributed by atoms with E-state index in [1.807, 2.05) is 0 Å². The van der Waals surface area contributed by atoms with Gasteiger partial charge >= 0.3 is 7.32 Å². The summed E-state index contributed by atoms with van der Waals surface area (Å²) in [5, 5.41) is 15.4. The summed E-state index contributed by atoms with van der Waals surface area (Å²) in [6.07, 6.45) is 0. The molecule has 0 atom stereocenters. The van der Waals surface area contributed by atoms with Crippen LogP contribution in [0.15, 0.2) is 0 Å². The topological polar surface area (TPSA) is 49.7 Å². The molecule has 3 nitrogen and oxygen atoms in total. The van der Waals surface area contributed by atoms with Gasteiger partial charge in [-0.3, -0.25) is 0 Å². The zero-order chi connectivity index (χ0) is 4.28. The summed E-state index contributed by atoms with van der Waals surface area (Å²) in [4.78, 5) is 0. The van der Waals surface area contributed by atoms with Crippen LogP contribution in [0.5, 0.6) is 0 Å². The summed E-state index contributed by atoms with van der Waals surface area (Å²) in [7, 11) is -0.417. The molecule has 2 N–H and O–H groups in total. The number of rotatable bonds is 1. The van der Waals surface area contributed by atoms with Crippen molar-refractivity contribution in [3.05, 3.63) is 0 Å². The van der Waals surface area contributed by atoms with Crippen molar-refractivity contribution in [1.82, 2.24) is 0 Å². The van der Waals surface area contributed by atoms with Crippen LogP contribution in [-0.4, -0.2) is 24.5 Å². The first-order valence-electron chi connectivity index (χ1n) is 1.16. The van der Waals surface area contributed by atoms with Crippen LogP contribution in [0.1, 0.15) is 0 Å². The molecular formula is CH5BO3Zn. The maximum atomic E-state index is 7.69. The molecule has 0 unspecified atom stereocenters. The van der Waals surface area contributed by atoms with Crippen molar-refractivity contribution in [2.45, 2.75) is 0 Å². The van der Waals surface area contributed by atoms with E-state index in [0.717, 1.165) is 0 Å². The van der Waals surface area contributed by atoms with Gasteiger partial charge in [0, 0.05) is 26.6 Å². The summed E-state index contributed by atoms with van der Waals surface area (Å²) in [6.45, 7) is 0. The normalized spacial score (nSPS) is 6.50. The van der Waals surface area contributed by atoms with Gasteiger partial charge in [0.05, 0.1) is 0 Å². The molecule has 0 aliphatic carbocycles. The molecule has 32 valence electrons. The number of hydrogen-bond donors (Lipinski definition) is 2. The Balaban J connectivity index is 0. The summed E-state index contributed by atoms with van der Waals surface area (Å²) >= 11 is 0. The Morgan fingerprint density at radius 2 is 1.67 bits per heavy atom. The zero-order valence-electron chi connectivity index (χ0n) is 3.59. The molecule has 6 heavy (non-hydrogen) atoms. The molecule has 0 saturated carbocycles. The molecule has 0 radical (unpaired) electrons. The van der Waals surface area contributed by atoms with Crippen LogP contribution >= 0.6 is 0 Å². The molecular weight excluding hydrogens is 136 g/mol. The quantitative estimate of drug-likeness (QED) is 0.442. The van der Waals surface area contributed by atoms with Crippen LogP contribution in [0.2, 0.25) is 0 Å². The van der Waals surface area contributed by atoms with Gasteiger partial charge in [0.25, 0.3) is 0 Å². The van der Waals surface area contributed by atoms with Crippen LogP contribution in [0.25, 0.3) is 0 Å².